The number of hydrogen-bond donors (Lipinski definition) is 0. The predicted molar refractivity (Wildman–Crippen MR) is 115 cm³/mol. The van der Waals surface area contributed by atoms with Gasteiger partial charge in [0.25, 0.3) is 5.91 Å². The second-order valence-electron chi connectivity index (χ2n) is 7.63. The van der Waals surface area contributed by atoms with Crippen molar-refractivity contribution < 1.29 is 19.1 Å². The molecule has 1 aromatic carbocycles. The number of thiophene rings is 1. The molecule has 1 saturated heterocycles. The van der Waals surface area contributed by atoms with Crippen molar-refractivity contribution in [3.8, 4) is 5.75 Å². The van der Waals surface area contributed by atoms with Gasteiger partial charge >= 0.3 is 5.97 Å². The first kappa shape index (κ1) is 21.4. The highest BCUT2D eigenvalue weighted by atomic mass is 32.1. The zero-order chi connectivity index (χ0) is 21.0. The highest BCUT2D eigenvalue weighted by Crippen LogP contribution is 2.26. The van der Waals surface area contributed by atoms with E-state index in [4.69, 9.17) is 9.47 Å². The number of hydrogen-bond acceptors (Lipinski definition) is 5. The molecule has 2 aromatic rings. The fraction of sp³-hybridized carbons (Fsp3) is 0.478. The Morgan fingerprint density at radius 2 is 1.86 bits per heavy atom. The molecule has 0 unspecified atom stereocenters. The van der Waals surface area contributed by atoms with Crippen molar-refractivity contribution in [3.63, 3.8) is 0 Å². The Morgan fingerprint density at radius 1 is 1.14 bits per heavy atom. The SMILES string of the molecule is CCOC(=O)C1CCN(C(=O)c2cc(COc3cc(C)cc(C)c3C)cs2)CC1. The summed E-state index contributed by atoms with van der Waals surface area (Å²) in [6.45, 7) is 10.1. The fourth-order valence-corrected chi connectivity index (χ4v) is 4.47. The van der Waals surface area contributed by atoms with Crippen LogP contribution in [0.2, 0.25) is 0 Å². The average molecular weight is 416 g/mol. The van der Waals surface area contributed by atoms with Crippen molar-refractivity contribution in [2.75, 3.05) is 19.7 Å². The summed E-state index contributed by atoms with van der Waals surface area (Å²) in [5.41, 5.74) is 4.54. The van der Waals surface area contributed by atoms with Gasteiger partial charge in [-0.25, -0.2) is 0 Å². The Kier molecular flexibility index (Phi) is 6.96. The topological polar surface area (TPSA) is 55.8 Å². The molecule has 0 bridgehead atoms. The van der Waals surface area contributed by atoms with E-state index < -0.39 is 0 Å². The number of benzene rings is 1. The van der Waals surface area contributed by atoms with Crippen LogP contribution in [0.4, 0.5) is 0 Å². The molecule has 2 heterocycles. The molecular formula is C23H29NO4S. The third-order valence-corrected chi connectivity index (χ3v) is 6.39. The number of likely N-dealkylation sites (tertiary alicyclic amines) is 1. The number of amides is 1. The summed E-state index contributed by atoms with van der Waals surface area (Å²) in [4.78, 5) is 27.2. The quantitative estimate of drug-likeness (QED) is 0.644. The minimum atomic E-state index is -0.142. The molecule has 6 heteroatoms. The minimum absolute atomic E-state index is 0.0335. The van der Waals surface area contributed by atoms with Crippen molar-refractivity contribution in [2.24, 2.45) is 5.92 Å². The molecule has 0 aliphatic carbocycles. The Bertz CT molecular complexity index is 881. The van der Waals surface area contributed by atoms with Crippen molar-refractivity contribution in [1.82, 2.24) is 4.90 Å². The maximum atomic E-state index is 12.8. The number of carbonyl (C=O) groups excluding carboxylic acids is 2. The van der Waals surface area contributed by atoms with E-state index in [0.717, 1.165) is 21.8 Å². The van der Waals surface area contributed by atoms with Gasteiger partial charge in [-0.05, 0) is 74.7 Å². The molecular weight excluding hydrogens is 386 g/mol. The summed E-state index contributed by atoms with van der Waals surface area (Å²) in [6, 6.07) is 6.12. The van der Waals surface area contributed by atoms with E-state index in [1.165, 1.54) is 22.5 Å². The lowest BCUT2D eigenvalue weighted by atomic mass is 9.97. The third kappa shape index (κ3) is 5.18. The molecule has 0 N–H and O–H groups in total. The Hall–Kier alpha value is -2.34. The van der Waals surface area contributed by atoms with Gasteiger partial charge in [-0.1, -0.05) is 6.07 Å². The minimum Gasteiger partial charge on any atom is -0.489 e. The molecule has 0 spiro atoms. The standard InChI is InChI=1S/C23H29NO4S/c1-5-27-23(26)19-6-8-24(9-7-19)22(25)21-12-18(14-29-21)13-28-20-11-15(2)10-16(3)17(20)4/h10-12,14,19H,5-9,13H2,1-4H3. The van der Waals surface area contributed by atoms with Gasteiger partial charge in [-0.2, -0.15) is 0 Å². The zero-order valence-electron chi connectivity index (χ0n) is 17.6. The molecule has 3 rings (SSSR count). The van der Waals surface area contributed by atoms with Gasteiger partial charge in [-0.15, -0.1) is 11.3 Å². The maximum Gasteiger partial charge on any atom is 0.309 e. The van der Waals surface area contributed by atoms with E-state index in [9.17, 15) is 9.59 Å². The van der Waals surface area contributed by atoms with E-state index in [-0.39, 0.29) is 17.8 Å². The molecule has 0 saturated carbocycles. The van der Waals surface area contributed by atoms with Crippen LogP contribution in [0.5, 0.6) is 5.75 Å². The molecule has 5 nitrogen and oxygen atoms in total. The lowest BCUT2D eigenvalue weighted by Crippen LogP contribution is -2.40. The molecule has 1 aliphatic heterocycles. The van der Waals surface area contributed by atoms with Crippen LogP contribution in [-0.2, 0) is 16.1 Å². The van der Waals surface area contributed by atoms with E-state index in [2.05, 4.69) is 32.9 Å². The number of aryl methyl sites for hydroxylation is 2. The summed E-state index contributed by atoms with van der Waals surface area (Å²) in [5.74, 6) is 0.693. The summed E-state index contributed by atoms with van der Waals surface area (Å²) in [5, 5.41) is 1.98. The summed E-state index contributed by atoms with van der Waals surface area (Å²) in [6.07, 6.45) is 1.33. The van der Waals surface area contributed by atoms with Crippen LogP contribution in [0.3, 0.4) is 0 Å². The molecule has 1 aliphatic rings. The van der Waals surface area contributed by atoms with Gasteiger partial charge in [0.05, 0.1) is 17.4 Å². The summed E-state index contributed by atoms with van der Waals surface area (Å²) < 4.78 is 11.1. The number of carbonyl (C=O) groups is 2. The van der Waals surface area contributed by atoms with Gasteiger partial charge < -0.3 is 14.4 Å². The fourth-order valence-electron chi connectivity index (χ4n) is 3.61. The molecule has 156 valence electrons. The second kappa shape index (κ2) is 9.44. The van der Waals surface area contributed by atoms with Crippen molar-refractivity contribution in [3.05, 3.63) is 50.7 Å². The van der Waals surface area contributed by atoms with E-state index in [1.54, 1.807) is 0 Å². The second-order valence-corrected chi connectivity index (χ2v) is 8.54. The van der Waals surface area contributed by atoms with Gasteiger partial charge in [0.2, 0.25) is 0 Å². The van der Waals surface area contributed by atoms with E-state index >= 15 is 0 Å². The van der Waals surface area contributed by atoms with E-state index in [1.807, 2.05) is 23.3 Å². The smallest absolute Gasteiger partial charge is 0.309 e. The van der Waals surface area contributed by atoms with Crippen LogP contribution in [0.25, 0.3) is 0 Å². The molecule has 1 fully saturated rings. The number of ether oxygens (including phenoxy) is 2. The van der Waals surface area contributed by atoms with E-state index in [0.29, 0.717) is 39.1 Å². The molecule has 1 amide bonds. The first-order chi connectivity index (χ1) is 13.9. The van der Waals surface area contributed by atoms with Crippen LogP contribution in [0.1, 0.15) is 51.7 Å². The monoisotopic (exact) mass is 415 g/mol. The lowest BCUT2D eigenvalue weighted by molar-refractivity contribution is -0.149. The highest BCUT2D eigenvalue weighted by molar-refractivity contribution is 7.12. The third-order valence-electron chi connectivity index (χ3n) is 5.43. The normalized spacial score (nSPS) is 14.7. The van der Waals surface area contributed by atoms with Crippen LogP contribution < -0.4 is 4.74 Å². The number of rotatable bonds is 6. The lowest BCUT2D eigenvalue weighted by Gasteiger charge is -2.30. The van der Waals surface area contributed by atoms with Crippen LogP contribution in [0, 0.1) is 26.7 Å². The molecule has 1 aromatic heterocycles. The summed E-state index contributed by atoms with van der Waals surface area (Å²) in [7, 11) is 0. The van der Waals surface area contributed by atoms with Crippen LogP contribution in [0.15, 0.2) is 23.6 Å². The Labute approximate surface area is 176 Å². The number of nitrogens with zero attached hydrogens (tertiary/aromatic N) is 1. The first-order valence-corrected chi connectivity index (χ1v) is 11.0. The van der Waals surface area contributed by atoms with Crippen molar-refractivity contribution in [1.29, 1.82) is 0 Å². The van der Waals surface area contributed by atoms with Crippen molar-refractivity contribution >= 4 is 23.2 Å². The first-order valence-electron chi connectivity index (χ1n) is 10.1. The summed E-state index contributed by atoms with van der Waals surface area (Å²) >= 11 is 1.45. The highest BCUT2D eigenvalue weighted by Gasteiger charge is 2.29. The van der Waals surface area contributed by atoms with Crippen molar-refractivity contribution in [2.45, 2.75) is 47.1 Å². The Morgan fingerprint density at radius 3 is 2.55 bits per heavy atom. The number of esters is 1. The largest absolute Gasteiger partial charge is 0.489 e. The van der Waals surface area contributed by atoms with Crippen LogP contribution in [-0.4, -0.2) is 36.5 Å². The zero-order valence-corrected chi connectivity index (χ0v) is 18.4. The molecule has 29 heavy (non-hydrogen) atoms. The molecule has 0 atom stereocenters. The van der Waals surface area contributed by atoms with Gasteiger partial charge in [-0.3, -0.25) is 9.59 Å². The molecule has 0 radical (unpaired) electrons. The van der Waals surface area contributed by atoms with Gasteiger partial charge in [0.15, 0.2) is 0 Å². The Balaban J connectivity index is 1.56. The van der Waals surface area contributed by atoms with Crippen LogP contribution >= 0.6 is 11.3 Å². The average Bonchev–Trinajstić information content (AvgIpc) is 3.18. The van der Waals surface area contributed by atoms with Gasteiger partial charge in [0, 0.05) is 18.7 Å². The predicted octanol–water partition coefficient (Wildman–Crippen LogP) is 4.67. The van der Waals surface area contributed by atoms with Gasteiger partial charge in [0.1, 0.15) is 12.4 Å². The number of piperidine rings is 1. The maximum absolute atomic E-state index is 12.8.